The smallest absolute Gasteiger partial charge is 0.0203 e. The molecule has 0 amide bonds. The molecule has 0 radical (unpaired) electrons. The summed E-state index contributed by atoms with van der Waals surface area (Å²) < 4.78 is 0. The Bertz CT molecular complexity index is 716. The van der Waals surface area contributed by atoms with Gasteiger partial charge in [0, 0.05) is 17.1 Å². The fourth-order valence-electron chi connectivity index (χ4n) is 5.48. The summed E-state index contributed by atoms with van der Waals surface area (Å²) in [7, 11) is 0. The van der Waals surface area contributed by atoms with E-state index in [2.05, 4.69) is 121 Å². The van der Waals surface area contributed by atoms with Crippen molar-refractivity contribution in [3.05, 3.63) is 0 Å². The van der Waals surface area contributed by atoms with Crippen molar-refractivity contribution in [3.8, 4) is 0 Å². The largest absolute Gasteiger partial charge is 0.325 e. The minimum absolute atomic E-state index is 0. The minimum Gasteiger partial charge on any atom is -0.325 e. The van der Waals surface area contributed by atoms with Gasteiger partial charge in [0.05, 0.1) is 0 Å². The third kappa shape index (κ3) is 13.5. The van der Waals surface area contributed by atoms with E-state index < -0.39 is 0 Å². The molecular weight excluding hydrogens is 536 g/mol. The van der Waals surface area contributed by atoms with Gasteiger partial charge in [-0.15, -0.1) is 0 Å². The van der Waals surface area contributed by atoms with Crippen LogP contribution in [0.2, 0.25) is 0 Å². The van der Waals surface area contributed by atoms with Gasteiger partial charge in [0.2, 0.25) is 0 Å². The zero-order chi connectivity index (χ0) is 33.1. The van der Waals surface area contributed by atoms with Crippen LogP contribution in [0.4, 0.5) is 0 Å². The molecule has 0 bridgehead atoms. The molecule has 1 unspecified atom stereocenters. The lowest BCUT2D eigenvalue weighted by Crippen LogP contribution is -2.56. The van der Waals surface area contributed by atoms with Crippen LogP contribution in [0.25, 0.3) is 0 Å². The molecule has 1 atom stereocenters. The summed E-state index contributed by atoms with van der Waals surface area (Å²) in [6.45, 7) is 40.2. The van der Waals surface area contributed by atoms with Gasteiger partial charge >= 0.3 is 0 Å². The molecule has 5 aliphatic rings. The van der Waals surface area contributed by atoms with Crippen molar-refractivity contribution >= 4 is 0 Å². The second-order valence-electron chi connectivity index (χ2n) is 20.2. The molecule has 44 heavy (non-hydrogen) atoms. The summed E-state index contributed by atoms with van der Waals surface area (Å²) >= 11 is 0. The van der Waals surface area contributed by atoms with Crippen LogP contribution in [-0.2, 0) is 0 Å². The fraction of sp³-hybridized carbons (Fsp3) is 1.00. The summed E-state index contributed by atoms with van der Waals surface area (Å²) in [6, 6.07) is 0.780. The van der Waals surface area contributed by atoms with Crippen molar-refractivity contribution in [1.82, 2.24) is 10.6 Å². The summed E-state index contributed by atoms with van der Waals surface area (Å²) in [5.41, 5.74) is 15.4. The highest BCUT2D eigenvalue weighted by molar-refractivity contribution is 5.02. The SMILES string of the molecule is C.C.CC(C)(C)C1(C)CC1.CC(C)(C)C1(N)CCC1.CC(C)(C)C1(N)CCC1.CC(C)(C)C1CCN1.CC(C)(C)C1CNC1. The molecule has 2 aliphatic heterocycles. The average molecular weight is 625 g/mol. The zero-order valence-corrected chi connectivity index (χ0v) is 31.8. The van der Waals surface area contributed by atoms with Gasteiger partial charge in [0.1, 0.15) is 0 Å². The monoisotopic (exact) mass is 625 g/mol. The van der Waals surface area contributed by atoms with Crippen LogP contribution in [0.1, 0.15) is 183 Å². The van der Waals surface area contributed by atoms with Crippen molar-refractivity contribution in [2.75, 3.05) is 19.6 Å². The van der Waals surface area contributed by atoms with Crippen LogP contribution < -0.4 is 22.1 Å². The molecule has 4 heteroatoms. The Kier molecular flexibility index (Phi) is 17.0. The Hall–Kier alpha value is -0.160. The van der Waals surface area contributed by atoms with Crippen LogP contribution >= 0.6 is 0 Å². The highest BCUT2D eigenvalue weighted by Crippen LogP contribution is 2.57. The van der Waals surface area contributed by atoms with Crippen LogP contribution in [0.3, 0.4) is 0 Å². The minimum atomic E-state index is 0. The molecule has 0 spiro atoms. The first-order valence-electron chi connectivity index (χ1n) is 17.6. The van der Waals surface area contributed by atoms with Gasteiger partial charge < -0.3 is 22.1 Å². The molecule has 268 valence electrons. The molecule has 0 aromatic rings. The van der Waals surface area contributed by atoms with E-state index in [-0.39, 0.29) is 25.9 Å². The summed E-state index contributed by atoms with van der Waals surface area (Å²) in [5.74, 6) is 0.919. The van der Waals surface area contributed by atoms with Crippen LogP contribution in [0.5, 0.6) is 0 Å². The number of rotatable bonds is 0. The average Bonchev–Trinajstić information content (AvgIpc) is 3.38. The van der Waals surface area contributed by atoms with Crippen LogP contribution in [0.15, 0.2) is 0 Å². The van der Waals surface area contributed by atoms with E-state index in [1.54, 1.807) is 0 Å². The molecule has 2 heterocycles. The van der Waals surface area contributed by atoms with E-state index in [9.17, 15) is 0 Å². The lowest BCUT2D eigenvalue weighted by Gasteiger charge is -2.48. The van der Waals surface area contributed by atoms with Crippen LogP contribution in [-0.4, -0.2) is 36.8 Å². The molecule has 6 N–H and O–H groups in total. The number of hydrogen-bond acceptors (Lipinski definition) is 4. The topological polar surface area (TPSA) is 76.1 Å². The Morgan fingerprint density at radius 2 is 0.886 bits per heavy atom. The summed E-state index contributed by atoms with van der Waals surface area (Å²) in [4.78, 5) is 0. The summed E-state index contributed by atoms with van der Waals surface area (Å²) in [6.07, 6.45) is 11.8. The van der Waals surface area contributed by atoms with Crippen molar-refractivity contribution in [2.45, 2.75) is 201 Å². The first-order valence-corrected chi connectivity index (χ1v) is 17.6. The molecule has 3 saturated carbocycles. The van der Waals surface area contributed by atoms with E-state index in [4.69, 9.17) is 11.5 Å². The third-order valence-electron chi connectivity index (χ3n) is 12.2. The molecule has 5 fully saturated rings. The standard InChI is InChI=1S/2C8H17N.C8H16.2C7H15N.2CH4/c2*1-7(2,3)8(9)5-4-6-8;1-7(2,3)8(4)5-6-8;1-7(2,3)6-4-8-5-6;1-7(2,3)6-4-5-8-6;;/h2*4-6,9H2,1-3H3;5-6H2,1-4H3;2*6,8H,4-5H2,1-3H3;2*1H4. The Morgan fingerprint density at radius 3 is 0.886 bits per heavy atom. The first kappa shape index (κ1) is 46.0. The second kappa shape index (κ2) is 16.3. The molecule has 5 rings (SSSR count). The fourth-order valence-corrected chi connectivity index (χ4v) is 5.48. The van der Waals surface area contributed by atoms with Gasteiger partial charge in [-0.1, -0.05) is 126 Å². The Labute approximate surface area is 280 Å². The number of nitrogens with one attached hydrogen (secondary N) is 2. The molecule has 0 aromatic carbocycles. The van der Waals surface area contributed by atoms with E-state index >= 15 is 0 Å². The van der Waals surface area contributed by atoms with E-state index in [1.807, 2.05) is 0 Å². The summed E-state index contributed by atoms with van der Waals surface area (Å²) in [5, 5.41) is 6.65. The molecular formula is C40H88N4. The van der Waals surface area contributed by atoms with Crippen LogP contribution in [0, 0.1) is 38.4 Å². The van der Waals surface area contributed by atoms with Gasteiger partial charge in [0.25, 0.3) is 0 Å². The second-order valence-corrected chi connectivity index (χ2v) is 20.2. The van der Waals surface area contributed by atoms with Gasteiger partial charge in [0.15, 0.2) is 0 Å². The van der Waals surface area contributed by atoms with E-state index in [0.717, 1.165) is 12.0 Å². The normalized spacial score (nSPS) is 24.5. The van der Waals surface area contributed by atoms with Gasteiger partial charge in [-0.25, -0.2) is 0 Å². The maximum Gasteiger partial charge on any atom is 0.0203 e. The van der Waals surface area contributed by atoms with Crippen molar-refractivity contribution < 1.29 is 0 Å². The lowest BCUT2D eigenvalue weighted by atomic mass is 9.62. The highest BCUT2D eigenvalue weighted by atomic mass is 15.0. The maximum absolute atomic E-state index is 6.08. The lowest BCUT2D eigenvalue weighted by molar-refractivity contribution is 0.0939. The van der Waals surface area contributed by atoms with E-state index in [1.165, 1.54) is 77.4 Å². The Balaban J connectivity index is 0. The molecule has 0 aromatic heterocycles. The Morgan fingerprint density at radius 1 is 0.545 bits per heavy atom. The van der Waals surface area contributed by atoms with Crippen molar-refractivity contribution in [1.29, 1.82) is 0 Å². The molecule has 3 aliphatic carbocycles. The van der Waals surface area contributed by atoms with Gasteiger partial charge in [-0.05, 0) is 116 Å². The van der Waals surface area contributed by atoms with Gasteiger partial charge in [-0.2, -0.15) is 0 Å². The molecule has 2 saturated heterocycles. The van der Waals surface area contributed by atoms with E-state index in [0.29, 0.717) is 32.5 Å². The zero-order valence-electron chi connectivity index (χ0n) is 31.8. The van der Waals surface area contributed by atoms with Crippen molar-refractivity contribution in [3.63, 3.8) is 0 Å². The van der Waals surface area contributed by atoms with Gasteiger partial charge in [-0.3, -0.25) is 0 Å². The molecule has 4 nitrogen and oxygen atoms in total. The first-order chi connectivity index (χ1) is 18.6. The number of nitrogens with two attached hydrogens (primary N) is 2. The third-order valence-corrected chi connectivity index (χ3v) is 12.2. The quantitative estimate of drug-likeness (QED) is 0.216. The highest BCUT2D eigenvalue weighted by Gasteiger charge is 2.47. The predicted octanol–water partition coefficient (Wildman–Crippen LogP) is 10.6. The predicted molar refractivity (Wildman–Crippen MR) is 202 cm³/mol. The van der Waals surface area contributed by atoms with Crippen molar-refractivity contribution in [2.24, 2.45) is 49.9 Å². The maximum atomic E-state index is 6.08. The number of hydrogen-bond donors (Lipinski definition) is 4.